The van der Waals surface area contributed by atoms with E-state index in [0.29, 0.717) is 44.6 Å². The number of guanidine groups is 1. The molecule has 1 rings (SSSR count). The van der Waals surface area contributed by atoms with Gasteiger partial charge in [0.2, 0.25) is 0 Å². The molecule has 0 heterocycles. The molecule has 0 aromatic heterocycles. The quantitative estimate of drug-likeness (QED) is 0.245. The number of nitrogens with zero attached hydrogens (tertiary/aromatic N) is 1. The van der Waals surface area contributed by atoms with Crippen molar-refractivity contribution in [2.24, 2.45) is 4.99 Å². The highest BCUT2D eigenvalue weighted by Crippen LogP contribution is 2.12. The van der Waals surface area contributed by atoms with Gasteiger partial charge < -0.3 is 24.8 Å². The Morgan fingerprint density at radius 2 is 1.88 bits per heavy atom. The highest BCUT2D eigenvalue weighted by atomic mass is 127. The molecule has 0 aliphatic rings. The van der Waals surface area contributed by atoms with Gasteiger partial charge in [-0.25, -0.2) is 4.39 Å². The standard InChI is InChI=1S/C16H26FN3O3.HI/c1-13(23-15-6-4-14(17)5-7-15)12-20-16(18-2)19-8-9-22-11-10-21-3;/h4-7,13H,8-12H2,1-3H3,(H2,18,19,20);1H. The minimum atomic E-state index is -0.277. The number of halogens is 2. The summed E-state index contributed by atoms with van der Waals surface area (Å²) in [5.41, 5.74) is 0. The van der Waals surface area contributed by atoms with Crippen molar-refractivity contribution in [2.75, 3.05) is 47.1 Å². The molecular formula is C16H27FIN3O3. The van der Waals surface area contributed by atoms with Crippen LogP contribution in [0.3, 0.4) is 0 Å². The topological polar surface area (TPSA) is 64.1 Å². The maximum absolute atomic E-state index is 12.8. The minimum absolute atomic E-state index is 0. The van der Waals surface area contributed by atoms with Gasteiger partial charge in [0.05, 0.1) is 26.4 Å². The number of aliphatic imine (C=N–C) groups is 1. The van der Waals surface area contributed by atoms with Crippen LogP contribution < -0.4 is 15.4 Å². The molecular weight excluding hydrogens is 428 g/mol. The van der Waals surface area contributed by atoms with E-state index in [9.17, 15) is 4.39 Å². The molecule has 24 heavy (non-hydrogen) atoms. The Bertz CT molecular complexity index is 460. The molecule has 1 atom stereocenters. The van der Waals surface area contributed by atoms with Gasteiger partial charge in [-0.15, -0.1) is 24.0 Å². The van der Waals surface area contributed by atoms with Crippen LogP contribution in [0, 0.1) is 5.82 Å². The normalized spacial score (nSPS) is 12.2. The van der Waals surface area contributed by atoms with E-state index in [4.69, 9.17) is 14.2 Å². The first-order valence-electron chi connectivity index (χ1n) is 7.59. The third kappa shape index (κ3) is 10.6. The largest absolute Gasteiger partial charge is 0.489 e. The van der Waals surface area contributed by atoms with Crippen LogP contribution in [0.15, 0.2) is 29.3 Å². The molecule has 0 aliphatic carbocycles. The lowest BCUT2D eigenvalue weighted by atomic mass is 10.3. The van der Waals surface area contributed by atoms with Gasteiger partial charge >= 0.3 is 0 Å². The lowest BCUT2D eigenvalue weighted by Gasteiger charge is -2.17. The van der Waals surface area contributed by atoms with E-state index in [0.717, 1.165) is 0 Å². The van der Waals surface area contributed by atoms with E-state index >= 15 is 0 Å². The van der Waals surface area contributed by atoms with Crippen LogP contribution in [-0.2, 0) is 9.47 Å². The summed E-state index contributed by atoms with van der Waals surface area (Å²) >= 11 is 0. The molecule has 6 nitrogen and oxygen atoms in total. The third-order valence-corrected chi connectivity index (χ3v) is 2.90. The molecule has 138 valence electrons. The average molecular weight is 455 g/mol. The zero-order chi connectivity index (χ0) is 16.9. The number of rotatable bonds is 10. The highest BCUT2D eigenvalue weighted by Gasteiger charge is 2.05. The zero-order valence-corrected chi connectivity index (χ0v) is 16.7. The fourth-order valence-electron chi connectivity index (χ4n) is 1.73. The number of nitrogens with one attached hydrogen (secondary N) is 2. The van der Waals surface area contributed by atoms with Crippen molar-refractivity contribution in [3.63, 3.8) is 0 Å². The van der Waals surface area contributed by atoms with Gasteiger partial charge in [0.1, 0.15) is 17.7 Å². The molecule has 0 radical (unpaired) electrons. The molecule has 8 heteroatoms. The lowest BCUT2D eigenvalue weighted by Crippen LogP contribution is -2.42. The predicted molar refractivity (Wildman–Crippen MR) is 104 cm³/mol. The second-order valence-corrected chi connectivity index (χ2v) is 4.87. The second-order valence-electron chi connectivity index (χ2n) is 4.87. The number of hydrogen-bond donors (Lipinski definition) is 2. The maximum atomic E-state index is 12.8. The van der Waals surface area contributed by atoms with Crippen molar-refractivity contribution in [1.82, 2.24) is 10.6 Å². The first kappa shape index (κ1) is 22.9. The van der Waals surface area contributed by atoms with E-state index in [1.807, 2.05) is 6.92 Å². The molecule has 0 saturated carbocycles. The van der Waals surface area contributed by atoms with Crippen LogP contribution >= 0.6 is 24.0 Å². The molecule has 0 aliphatic heterocycles. The number of ether oxygens (including phenoxy) is 3. The Hall–Kier alpha value is -1.13. The first-order valence-corrected chi connectivity index (χ1v) is 7.59. The Balaban J connectivity index is 0.00000529. The van der Waals surface area contributed by atoms with Gasteiger partial charge in [-0.2, -0.15) is 0 Å². The van der Waals surface area contributed by atoms with Crippen molar-refractivity contribution in [2.45, 2.75) is 13.0 Å². The number of methoxy groups -OCH3 is 1. The fraction of sp³-hybridized carbons (Fsp3) is 0.562. The Morgan fingerprint density at radius 3 is 2.50 bits per heavy atom. The zero-order valence-electron chi connectivity index (χ0n) is 14.4. The smallest absolute Gasteiger partial charge is 0.191 e. The van der Waals surface area contributed by atoms with Crippen LogP contribution in [0.4, 0.5) is 4.39 Å². The van der Waals surface area contributed by atoms with Crippen molar-refractivity contribution in [3.05, 3.63) is 30.1 Å². The monoisotopic (exact) mass is 455 g/mol. The molecule has 1 aromatic rings. The summed E-state index contributed by atoms with van der Waals surface area (Å²) in [5.74, 6) is 1.03. The van der Waals surface area contributed by atoms with Crippen LogP contribution in [0.5, 0.6) is 5.75 Å². The fourth-order valence-corrected chi connectivity index (χ4v) is 1.73. The maximum Gasteiger partial charge on any atom is 0.191 e. The molecule has 0 fully saturated rings. The average Bonchev–Trinajstić information content (AvgIpc) is 2.55. The van der Waals surface area contributed by atoms with Crippen LogP contribution in [-0.4, -0.2) is 59.1 Å². The second kappa shape index (κ2) is 14.2. The van der Waals surface area contributed by atoms with Gasteiger partial charge in [-0.05, 0) is 31.2 Å². The summed E-state index contributed by atoms with van der Waals surface area (Å²) in [6.45, 7) is 4.89. The van der Waals surface area contributed by atoms with Crippen LogP contribution in [0.25, 0.3) is 0 Å². The molecule has 1 aromatic carbocycles. The molecule has 0 amide bonds. The van der Waals surface area contributed by atoms with Gasteiger partial charge in [0.15, 0.2) is 5.96 Å². The van der Waals surface area contributed by atoms with Crippen LogP contribution in [0.1, 0.15) is 6.92 Å². The van der Waals surface area contributed by atoms with Crippen molar-refractivity contribution >= 4 is 29.9 Å². The summed E-state index contributed by atoms with van der Waals surface area (Å²) in [4.78, 5) is 4.12. The molecule has 0 bridgehead atoms. The third-order valence-electron chi connectivity index (χ3n) is 2.90. The summed E-state index contributed by atoms with van der Waals surface area (Å²) in [6.07, 6.45) is -0.0861. The van der Waals surface area contributed by atoms with Gasteiger partial charge in [-0.3, -0.25) is 4.99 Å². The minimum Gasteiger partial charge on any atom is -0.489 e. The Labute approximate surface area is 160 Å². The Kier molecular flexibility index (Phi) is 13.6. The van der Waals surface area contributed by atoms with Crippen molar-refractivity contribution < 1.29 is 18.6 Å². The molecule has 0 saturated heterocycles. The van der Waals surface area contributed by atoms with Crippen molar-refractivity contribution in [3.8, 4) is 5.75 Å². The number of hydrogen-bond acceptors (Lipinski definition) is 4. The van der Waals surface area contributed by atoms with E-state index in [1.54, 1.807) is 26.3 Å². The SMILES string of the molecule is CN=C(NCCOCCOC)NCC(C)Oc1ccc(F)cc1.I. The summed E-state index contributed by atoms with van der Waals surface area (Å²) in [7, 11) is 3.34. The van der Waals surface area contributed by atoms with E-state index in [2.05, 4.69) is 15.6 Å². The van der Waals surface area contributed by atoms with E-state index in [1.165, 1.54) is 12.1 Å². The molecule has 2 N–H and O–H groups in total. The molecule has 0 spiro atoms. The number of benzene rings is 1. The summed E-state index contributed by atoms with van der Waals surface area (Å²) in [5, 5.41) is 6.30. The lowest BCUT2D eigenvalue weighted by molar-refractivity contribution is 0.0733. The highest BCUT2D eigenvalue weighted by molar-refractivity contribution is 14.0. The predicted octanol–water partition coefficient (Wildman–Crippen LogP) is 2.04. The summed E-state index contributed by atoms with van der Waals surface area (Å²) in [6, 6.07) is 5.96. The molecule has 1 unspecified atom stereocenters. The van der Waals surface area contributed by atoms with Gasteiger partial charge in [-0.1, -0.05) is 0 Å². The van der Waals surface area contributed by atoms with Crippen LogP contribution in [0.2, 0.25) is 0 Å². The van der Waals surface area contributed by atoms with Gasteiger partial charge in [0.25, 0.3) is 0 Å². The van der Waals surface area contributed by atoms with Gasteiger partial charge in [0, 0.05) is 20.7 Å². The Morgan fingerprint density at radius 1 is 1.17 bits per heavy atom. The first-order chi connectivity index (χ1) is 11.2. The van der Waals surface area contributed by atoms with E-state index < -0.39 is 0 Å². The van der Waals surface area contributed by atoms with Crippen molar-refractivity contribution in [1.29, 1.82) is 0 Å². The van der Waals surface area contributed by atoms with E-state index in [-0.39, 0.29) is 35.9 Å². The summed E-state index contributed by atoms with van der Waals surface area (Å²) < 4.78 is 28.8.